The van der Waals surface area contributed by atoms with Crippen LogP contribution >= 0.6 is 11.3 Å². The van der Waals surface area contributed by atoms with Gasteiger partial charge in [0.15, 0.2) is 0 Å². The number of carbonyl (C=O) groups excluding carboxylic acids is 1. The van der Waals surface area contributed by atoms with Crippen LogP contribution < -0.4 is 0 Å². The molecule has 0 saturated carbocycles. The predicted molar refractivity (Wildman–Crippen MR) is 93.1 cm³/mol. The summed E-state index contributed by atoms with van der Waals surface area (Å²) in [4.78, 5) is 21.4. The Bertz CT molecular complexity index is 614. The molecule has 0 bridgehead atoms. The fraction of sp³-hybridized carbons (Fsp3) is 0.444. The van der Waals surface area contributed by atoms with Gasteiger partial charge in [0.25, 0.3) is 0 Å². The summed E-state index contributed by atoms with van der Waals surface area (Å²) in [5, 5.41) is 3.14. The Hall–Kier alpha value is -1.72. The van der Waals surface area contributed by atoms with E-state index in [0.717, 1.165) is 31.1 Å². The monoisotopic (exact) mass is 329 g/mol. The summed E-state index contributed by atoms with van der Waals surface area (Å²) < 4.78 is 0. The molecule has 5 heteroatoms. The van der Waals surface area contributed by atoms with E-state index < -0.39 is 0 Å². The van der Waals surface area contributed by atoms with E-state index in [9.17, 15) is 4.79 Å². The molecule has 1 aliphatic rings. The first kappa shape index (κ1) is 16.1. The van der Waals surface area contributed by atoms with Crippen molar-refractivity contribution < 1.29 is 4.79 Å². The Morgan fingerprint density at radius 1 is 1.26 bits per heavy atom. The van der Waals surface area contributed by atoms with Crippen LogP contribution in [-0.4, -0.2) is 39.8 Å². The van der Waals surface area contributed by atoms with E-state index in [4.69, 9.17) is 0 Å². The van der Waals surface area contributed by atoms with Crippen LogP contribution in [0.2, 0.25) is 0 Å². The van der Waals surface area contributed by atoms with Crippen molar-refractivity contribution in [2.75, 3.05) is 13.1 Å². The van der Waals surface area contributed by atoms with Gasteiger partial charge in [-0.15, -0.1) is 11.3 Å². The number of benzene rings is 1. The Labute approximate surface area is 141 Å². The third-order valence-corrected chi connectivity index (χ3v) is 5.15. The summed E-state index contributed by atoms with van der Waals surface area (Å²) in [6.45, 7) is 5.47. The second kappa shape index (κ2) is 7.70. The highest BCUT2D eigenvalue weighted by Gasteiger charge is 2.28. The highest BCUT2D eigenvalue weighted by Crippen LogP contribution is 2.19. The van der Waals surface area contributed by atoms with Crippen LogP contribution in [0.3, 0.4) is 0 Å². The van der Waals surface area contributed by atoms with Crippen molar-refractivity contribution in [2.24, 2.45) is 0 Å². The second-order valence-electron chi connectivity index (χ2n) is 5.98. The smallest absolute Gasteiger partial charge is 0.224 e. The molecule has 1 aromatic heterocycles. The number of aromatic nitrogens is 1. The highest BCUT2D eigenvalue weighted by atomic mass is 32.1. The summed E-state index contributed by atoms with van der Waals surface area (Å²) in [7, 11) is 0. The van der Waals surface area contributed by atoms with Gasteiger partial charge in [-0.3, -0.25) is 9.69 Å². The number of carbonyl (C=O) groups is 1. The average Bonchev–Trinajstić information content (AvgIpc) is 3.04. The fourth-order valence-electron chi connectivity index (χ4n) is 3.10. The first-order valence-electron chi connectivity index (χ1n) is 8.20. The van der Waals surface area contributed by atoms with E-state index in [1.54, 1.807) is 11.3 Å². The number of hydrogen-bond acceptors (Lipinski definition) is 4. The first-order valence-corrected chi connectivity index (χ1v) is 9.08. The van der Waals surface area contributed by atoms with Gasteiger partial charge in [0.05, 0.1) is 6.54 Å². The van der Waals surface area contributed by atoms with Gasteiger partial charge in [0.1, 0.15) is 5.01 Å². The molecule has 0 aliphatic carbocycles. The van der Waals surface area contributed by atoms with E-state index in [2.05, 4.69) is 33.8 Å². The standard InChI is InChI=1S/C18H23N3OS/c1-2-16-13-20(14-17-19-9-11-23-17)10-8-18(22)21(16)12-15-6-4-3-5-7-15/h3-7,9,11,16H,2,8,10,12-14H2,1H3/t16-/m0/s1. The summed E-state index contributed by atoms with van der Waals surface area (Å²) in [5.74, 6) is 0.266. The minimum absolute atomic E-state index is 0.266. The zero-order chi connectivity index (χ0) is 16.1. The van der Waals surface area contributed by atoms with Crippen LogP contribution in [0.1, 0.15) is 30.3 Å². The van der Waals surface area contributed by atoms with E-state index in [-0.39, 0.29) is 11.9 Å². The number of amides is 1. The molecule has 0 N–H and O–H groups in total. The fourth-order valence-corrected chi connectivity index (χ4v) is 3.76. The lowest BCUT2D eigenvalue weighted by atomic mass is 10.1. The zero-order valence-corrected chi connectivity index (χ0v) is 14.3. The molecule has 1 saturated heterocycles. The van der Waals surface area contributed by atoms with Crippen molar-refractivity contribution in [2.45, 2.75) is 38.9 Å². The maximum absolute atomic E-state index is 12.6. The SMILES string of the molecule is CC[C@H]1CN(Cc2nccs2)CCC(=O)N1Cc1ccccc1. The van der Waals surface area contributed by atoms with E-state index >= 15 is 0 Å². The van der Waals surface area contributed by atoms with Gasteiger partial charge in [-0.25, -0.2) is 4.98 Å². The molecule has 2 heterocycles. The van der Waals surface area contributed by atoms with Gasteiger partial charge in [-0.1, -0.05) is 37.3 Å². The summed E-state index contributed by atoms with van der Waals surface area (Å²) >= 11 is 1.69. The summed E-state index contributed by atoms with van der Waals surface area (Å²) in [6, 6.07) is 10.5. The van der Waals surface area contributed by atoms with Crippen LogP contribution in [0.15, 0.2) is 41.9 Å². The quantitative estimate of drug-likeness (QED) is 0.845. The van der Waals surface area contributed by atoms with E-state index in [1.807, 2.05) is 29.8 Å². The van der Waals surface area contributed by atoms with Crippen LogP contribution in [0.25, 0.3) is 0 Å². The molecule has 122 valence electrons. The normalized spacial score (nSPS) is 19.8. The van der Waals surface area contributed by atoms with Crippen molar-refractivity contribution in [3.8, 4) is 0 Å². The predicted octanol–water partition coefficient (Wildman–Crippen LogP) is 3.16. The molecule has 1 fully saturated rings. The molecular formula is C18H23N3OS. The number of hydrogen-bond donors (Lipinski definition) is 0. The van der Waals surface area contributed by atoms with Crippen LogP contribution in [0.4, 0.5) is 0 Å². The van der Waals surface area contributed by atoms with Crippen molar-refractivity contribution in [3.63, 3.8) is 0 Å². The van der Waals surface area contributed by atoms with Crippen LogP contribution in [0.5, 0.6) is 0 Å². The molecule has 0 radical (unpaired) electrons. The Morgan fingerprint density at radius 3 is 2.78 bits per heavy atom. The van der Waals surface area contributed by atoms with Crippen molar-refractivity contribution in [1.29, 1.82) is 0 Å². The third-order valence-electron chi connectivity index (χ3n) is 4.38. The molecule has 1 amide bonds. The van der Waals surface area contributed by atoms with Gasteiger partial charge >= 0.3 is 0 Å². The maximum Gasteiger partial charge on any atom is 0.224 e. The van der Waals surface area contributed by atoms with Gasteiger partial charge in [0.2, 0.25) is 5.91 Å². The molecule has 23 heavy (non-hydrogen) atoms. The maximum atomic E-state index is 12.6. The topological polar surface area (TPSA) is 36.4 Å². The van der Waals surface area contributed by atoms with Gasteiger partial charge in [-0.05, 0) is 12.0 Å². The molecule has 2 aromatic rings. The zero-order valence-electron chi connectivity index (χ0n) is 13.5. The minimum atomic E-state index is 0.266. The molecular weight excluding hydrogens is 306 g/mol. The summed E-state index contributed by atoms with van der Waals surface area (Å²) in [5.41, 5.74) is 1.20. The Balaban J connectivity index is 1.71. The Kier molecular flexibility index (Phi) is 5.41. The lowest BCUT2D eigenvalue weighted by Crippen LogP contribution is -2.42. The molecule has 1 atom stereocenters. The molecule has 1 aliphatic heterocycles. The van der Waals surface area contributed by atoms with E-state index in [0.29, 0.717) is 13.0 Å². The van der Waals surface area contributed by atoms with Crippen LogP contribution in [-0.2, 0) is 17.9 Å². The second-order valence-corrected chi connectivity index (χ2v) is 6.96. The minimum Gasteiger partial charge on any atom is -0.334 e. The number of nitrogens with zero attached hydrogens (tertiary/aromatic N) is 3. The highest BCUT2D eigenvalue weighted by molar-refractivity contribution is 7.09. The molecule has 4 nitrogen and oxygen atoms in total. The van der Waals surface area contributed by atoms with Gasteiger partial charge in [-0.2, -0.15) is 0 Å². The van der Waals surface area contributed by atoms with Crippen molar-refractivity contribution in [1.82, 2.24) is 14.8 Å². The van der Waals surface area contributed by atoms with Crippen LogP contribution in [0, 0.1) is 0 Å². The van der Waals surface area contributed by atoms with Crippen molar-refractivity contribution >= 4 is 17.2 Å². The first-order chi connectivity index (χ1) is 11.3. The summed E-state index contributed by atoms with van der Waals surface area (Å²) in [6.07, 6.45) is 3.42. The number of rotatable bonds is 5. The average molecular weight is 329 g/mol. The van der Waals surface area contributed by atoms with E-state index in [1.165, 1.54) is 5.56 Å². The van der Waals surface area contributed by atoms with Crippen molar-refractivity contribution in [3.05, 3.63) is 52.5 Å². The molecule has 0 unspecified atom stereocenters. The largest absolute Gasteiger partial charge is 0.334 e. The molecule has 0 spiro atoms. The lowest BCUT2D eigenvalue weighted by molar-refractivity contribution is -0.133. The Morgan fingerprint density at radius 2 is 2.09 bits per heavy atom. The third kappa shape index (κ3) is 4.18. The molecule has 3 rings (SSSR count). The number of thiazole rings is 1. The van der Waals surface area contributed by atoms with Gasteiger partial charge in [0, 0.05) is 43.7 Å². The molecule has 1 aromatic carbocycles. The lowest BCUT2D eigenvalue weighted by Gasteiger charge is -2.31. The van der Waals surface area contributed by atoms with Gasteiger partial charge < -0.3 is 4.90 Å².